The largest absolute Gasteiger partial charge is 0.497 e. The van der Waals surface area contributed by atoms with E-state index in [0.717, 1.165) is 18.8 Å². The van der Waals surface area contributed by atoms with E-state index in [9.17, 15) is 0 Å². The van der Waals surface area contributed by atoms with Gasteiger partial charge in [0, 0.05) is 6.54 Å². The number of nitrogens with one attached hydrogen (secondary N) is 1. The Bertz CT molecular complexity index is 311. The molecule has 2 nitrogen and oxygen atoms in total. The van der Waals surface area contributed by atoms with Crippen LogP contribution in [0.3, 0.4) is 0 Å². The normalized spacial score (nSPS) is 11.5. The second-order valence-electron chi connectivity index (χ2n) is 5.69. The van der Waals surface area contributed by atoms with E-state index in [-0.39, 0.29) is 0 Å². The van der Waals surface area contributed by atoms with Crippen LogP contribution in [0.4, 0.5) is 0 Å². The van der Waals surface area contributed by atoms with Gasteiger partial charge in [0.25, 0.3) is 0 Å². The molecule has 17 heavy (non-hydrogen) atoms. The molecule has 0 unspecified atom stereocenters. The summed E-state index contributed by atoms with van der Waals surface area (Å²) in [5.74, 6) is 0.918. The zero-order valence-electron chi connectivity index (χ0n) is 11.5. The van der Waals surface area contributed by atoms with E-state index in [4.69, 9.17) is 4.74 Å². The molecule has 1 aromatic rings. The maximum atomic E-state index is 5.13. The highest BCUT2D eigenvalue weighted by atomic mass is 16.5. The van der Waals surface area contributed by atoms with Crippen molar-refractivity contribution in [2.75, 3.05) is 13.7 Å². The Kier molecular flexibility index (Phi) is 5.49. The third-order valence-electron chi connectivity index (χ3n) is 2.77. The number of methoxy groups -OCH3 is 1. The van der Waals surface area contributed by atoms with Gasteiger partial charge >= 0.3 is 0 Å². The number of hydrogen-bond acceptors (Lipinski definition) is 2. The summed E-state index contributed by atoms with van der Waals surface area (Å²) in [5, 5.41) is 3.47. The minimum absolute atomic E-state index is 0.446. The zero-order valence-corrected chi connectivity index (χ0v) is 11.5. The van der Waals surface area contributed by atoms with Crippen molar-refractivity contribution in [2.45, 2.75) is 40.2 Å². The van der Waals surface area contributed by atoms with Crippen LogP contribution in [0, 0.1) is 5.41 Å². The molecule has 0 heterocycles. The summed E-state index contributed by atoms with van der Waals surface area (Å²) < 4.78 is 5.13. The first kappa shape index (κ1) is 14.0. The van der Waals surface area contributed by atoms with Gasteiger partial charge in [-0.3, -0.25) is 0 Å². The Labute approximate surface area is 105 Å². The maximum Gasteiger partial charge on any atom is 0.118 e. The maximum absolute atomic E-state index is 5.13. The average molecular weight is 235 g/mol. The van der Waals surface area contributed by atoms with Gasteiger partial charge in [-0.25, -0.2) is 0 Å². The van der Waals surface area contributed by atoms with E-state index in [2.05, 4.69) is 38.2 Å². The van der Waals surface area contributed by atoms with Crippen molar-refractivity contribution in [1.29, 1.82) is 0 Å². The van der Waals surface area contributed by atoms with Gasteiger partial charge in [-0.2, -0.15) is 0 Å². The summed E-state index contributed by atoms with van der Waals surface area (Å²) in [7, 11) is 1.69. The van der Waals surface area contributed by atoms with Crippen molar-refractivity contribution >= 4 is 0 Å². The summed E-state index contributed by atoms with van der Waals surface area (Å²) >= 11 is 0. The van der Waals surface area contributed by atoms with E-state index in [1.807, 2.05) is 12.1 Å². The molecule has 0 aliphatic carbocycles. The van der Waals surface area contributed by atoms with Gasteiger partial charge in [-0.05, 0) is 42.5 Å². The quantitative estimate of drug-likeness (QED) is 0.761. The summed E-state index contributed by atoms with van der Waals surface area (Å²) in [6.07, 6.45) is 2.50. The molecule has 0 saturated carbocycles. The van der Waals surface area contributed by atoms with Crippen LogP contribution in [0.2, 0.25) is 0 Å². The molecule has 96 valence electrons. The first-order valence-electron chi connectivity index (χ1n) is 6.35. The van der Waals surface area contributed by atoms with Crippen molar-refractivity contribution in [3.05, 3.63) is 29.8 Å². The number of ether oxygens (including phenoxy) is 1. The minimum Gasteiger partial charge on any atom is -0.497 e. The molecule has 1 aromatic carbocycles. The van der Waals surface area contributed by atoms with Crippen LogP contribution >= 0.6 is 0 Å². The second-order valence-corrected chi connectivity index (χ2v) is 5.69. The van der Waals surface area contributed by atoms with Crippen molar-refractivity contribution in [3.8, 4) is 5.75 Å². The minimum atomic E-state index is 0.446. The highest BCUT2D eigenvalue weighted by Gasteiger charge is 2.08. The Morgan fingerprint density at radius 1 is 1.12 bits per heavy atom. The molecule has 0 aliphatic heterocycles. The van der Waals surface area contributed by atoms with Crippen LogP contribution in [0.25, 0.3) is 0 Å². The fraction of sp³-hybridized carbons (Fsp3) is 0.600. The average Bonchev–Trinajstić information content (AvgIpc) is 2.28. The first-order chi connectivity index (χ1) is 8.01. The molecule has 1 rings (SSSR count). The lowest BCUT2D eigenvalue weighted by atomic mass is 9.91. The molecule has 0 fully saturated rings. The van der Waals surface area contributed by atoms with Crippen LogP contribution in [0.5, 0.6) is 5.75 Å². The van der Waals surface area contributed by atoms with E-state index in [1.54, 1.807) is 7.11 Å². The van der Waals surface area contributed by atoms with Crippen molar-refractivity contribution in [2.24, 2.45) is 5.41 Å². The molecule has 1 N–H and O–H groups in total. The standard InChI is InChI=1S/C15H25NO/c1-15(2,3)10-5-11-16-12-13-6-8-14(17-4)9-7-13/h6-9,16H,5,10-12H2,1-4H3. The Morgan fingerprint density at radius 2 is 1.76 bits per heavy atom. The Hall–Kier alpha value is -1.02. The van der Waals surface area contributed by atoms with Gasteiger partial charge < -0.3 is 10.1 Å². The molecule has 0 amide bonds. The molecule has 0 radical (unpaired) electrons. The number of benzene rings is 1. The fourth-order valence-corrected chi connectivity index (χ4v) is 1.72. The Balaban J connectivity index is 2.18. The van der Waals surface area contributed by atoms with E-state index in [1.165, 1.54) is 18.4 Å². The van der Waals surface area contributed by atoms with Crippen LogP contribution in [-0.4, -0.2) is 13.7 Å². The Morgan fingerprint density at radius 3 is 2.29 bits per heavy atom. The fourth-order valence-electron chi connectivity index (χ4n) is 1.72. The summed E-state index contributed by atoms with van der Waals surface area (Å²) in [5.41, 5.74) is 1.75. The van der Waals surface area contributed by atoms with Gasteiger partial charge in [-0.15, -0.1) is 0 Å². The van der Waals surface area contributed by atoms with Crippen LogP contribution in [0.1, 0.15) is 39.2 Å². The summed E-state index contributed by atoms with van der Waals surface area (Å²) in [4.78, 5) is 0. The van der Waals surface area contributed by atoms with E-state index < -0.39 is 0 Å². The third-order valence-corrected chi connectivity index (χ3v) is 2.77. The molecular weight excluding hydrogens is 210 g/mol. The summed E-state index contributed by atoms with van der Waals surface area (Å²) in [6.45, 7) is 8.89. The van der Waals surface area contributed by atoms with Gasteiger partial charge in [-0.1, -0.05) is 32.9 Å². The van der Waals surface area contributed by atoms with Crippen LogP contribution in [-0.2, 0) is 6.54 Å². The van der Waals surface area contributed by atoms with Gasteiger partial charge in [0.15, 0.2) is 0 Å². The second kappa shape index (κ2) is 6.65. The topological polar surface area (TPSA) is 21.3 Å². The van der Waals surface area contributed by atoms with Gasteiger partial charge in [0.1, 0.15) is 5.75 Å². The van der Waals surface area contributed by atoms with Crippen molar-refractivity contribution < 1.29 is 4.74 Å². The number of rotatable bonds is 6. The first-order valence-corrected chi connectivity index (χ1v) is 6.35. The zero-order chi connectivity index (χ0) is 12.7. The molecule has 0 aliphatic rings. The van der Waals surface area contributed by atoms with Crippen molar-refractivity contribution in [1.82, 2.24) is 5.32 Å². The van der Waals surface area contributed by atoms with Gasteiger partial charge in [0.05, 0.1) is 7.11 Å². The van der Waals surface area contributed by atoms with Crippen LogP contribution < -0.4 is 10.1 Å². The molecule has 0 aromatic heterocycles. The van der Waals surface area contributed by atoms with Gasteiger partial charge in [0.2, 0.25) is 0 Å². The highest BCUT2D eigenvalue weighted by Crippen LogP contribution is 2.19. The molecular formula is C15H25NO. The molecule has 0 spiro atoms. The predicted octanol–water partition coefficient (Wildman–Crippen LogP) is 3.61. The predicted molar refractivity (Wildman–Crippen MR) is 73.4 cm³/mol. The molecule has 2 heteroatoms. The third kappa shape index (κ3) is 6.32. The summed E-state index contributed by atoms with van der Waals surface area (Å²) in [6, 6.07) is 8.23. The lowest BCUT2D eigenvalue weighted by Gasteiger charge is -2.17. The lowest BCUT2D eigenvalue weighted by Crippen LogP contribution is -2.17. The van der Waals surface area contributed by atoms with E-state index >= 15 is 0 Å². The highest BCUT2D eigenvalue weighted by molar-refractivity contribution is 5.26. The number of hydrogen-bond donors (Lipinski definition) is 1. The molecule has 0 bridgehead atoms. The van der Waals surface area contributed by atoms with E-state index in [0.29, 0.717) is 5.41 Å². The lowest BCUT2D eigenvalue weighted by molar-refractivity contribution is 0.361. The SMILES string of the molecule is COc1ccc(CNCCCC(C)(C)C)cc1. The monoisotopic (exact) mass is 235 g/mol. The molecule has 0 saturated heterocycles. The molecule has 0 atom stereocenters. The van der Waals surface area contributed by atoms with Crippen molar-refractivity contribution in [3.63, 3.8) is 0 Å². The van der Waals surface area contributed by atoms with Crippen LogP contribution in [0.15, 0.2) is 24.3 Å². The smallest absolute Gasteiger partial charge is 0.118 e.